The smallest absolute Gasteiger partial charge is 0.319 e. The van der Waals surface area contributed by atoms with E-state index in [-0.39, 0.29) is 11.8 Å². The molecule has 3 rings (SSSR count). The molecule has 144 valence electrons. The first kappa shape index (κ1) is 20.8. The van der Waals surface area contributed by atoms with Gasteiger partial charge in [-0.15, -0.1) is 0 Å². The minimum Gasteiger partial charge on any atom is -0.487 e. The van der Waals surface area contributed by atoms with E-state index in [0.717, 1.165) is 18.5 Å². The largest absolute Gasteiger partial charge is 0.487 e. The third-order valence-electron chi connectivity index (χ3n) is 4.25. The zero-order valence-corrected chi connectivity index (χ0v) is 19.4. The van der Waals surface area contributed by atoms with Gasteiger partial charge in [-0.1, -0.05) is 43.0 Å². The number of hydrogen-bond donors (Lipinski definition) is 2. The standard InChI is InChI=1S/C21H18I2N2O3/c1-3-9-28-20-15(22)10-14(11-16(20)23)18-17(12(2)24-21(27)25-18)19(26)13-7-5-4-6-8-13/h3-8,10-11,18H,1,9H2,2H3,(H2,24,25,27)/t18-/m0/s1. The first-order valence-corrected chi connectivity index (χ1v) is 10.7. The molecule has 0 aromatic heterocycles. The molecule has 2 amide bonds. The van der Waals surface area contributed by atoms with Crippen LogP contribution < -0.4 is 15.4 Å². The fourth-order valence-electron chi connectivity index (χ4n) is 3.02. The Morgan fingerprint density at radius 1 is 1.21 bits per heavy atom. The lowest BCUT2D eigenvalue weighted by atomic mass is 9.89. The van der Waals surface area contributed by atoms with E-state index < -0.39 is 6.04 Å². The van der Waals surface area contributed by atoms with Crippen LogP contribution in [0.15, 0.2) is 66.4 Å². The van der Waals surface area contributed by atoms with Gasteiger partial charge in [0.2, 0.25) is 0 Å². The number of Topliss-reactive ketones (excluding diaryl/α,β-unsaturated/α-hetero) is 1. The predicted molar refractivity (Wildman–Crippen MR) is 125 cm³/mol. The van der Waals surface area contributed by atoms with Crippen molar-refractivity contribution in [3.8, 4) is 5.75 Å². The van der Waals surface area contributed by atoms with Gasteiger partial charge in [-0.2, -0.15) is 0 Å². The molecule has 2 N–H and O–H groups in total. The van der Waals surface area contributed by atoms with Crippen molar-refractivity contribution in [2.24, 2.45) is 0 Å². The van der Waals surface area contributed by atoms with Crippen LogP contribution in [0.4, 0.5) is 4.79 Å². The summed E-state index contributed by atoms with van der Waals surface area (Å²) in [7, 11) is 0. The number of ketones is 1. The fraction of sp³-hybridized carbons (Fsp3) is 0.143. The SMILES string of the molecule is C=CCOc1c(I)cc([C@@H]2NC(=O)NC(C)=C2C(=O)c2ccccc2)cc1I. The number of allylic oxidation sites excluding steroid dienone is 1. The molecule has 2 aromatic carbocycles. The van der Waals surface area contributed by atoms with Crippen molar-refractivity contribution in [2.45, 2.75) is 13.0 Å². The van der Waals surface area contributed by atoms with E-state index in [1.807, 2.05) is 30.3 Å². The van der Waals surface area contributed by atoms with Crippen molar-refractivity contribution in [2.75, 3.05) is 6.61 Å². The maximum atomic E-state index is 13.2. The number of amides is 2. The van der Waals surface area contributed by atoms with Gasteiger partial charge < -0.3 is 15.4 Å². The molecule has 2 aromatic rings. The number of carbonyl (C=O) groups is 2. The Hall–Kier alpha value is -1.88. The number of ether oxygens (including phenoxy) is 1. The second-order valence-electron chi connectivity index (χ2n) is 6.18. The monoisotopic (exact) mass is 600 g/mol. The number of nitrogens with one attached hydrogen (secondary N) is 2. The molecule has 1 heterocycles. The van der Waals surface area contributed by atoms with Crippen LogP contribution in [0, 0.1) is 7.14 Å². The number of benzene rings is 2. The van der Waals surface area contributed by atoms with Gasteiger partial charge in [-0.25, -0.2) is 4.79 Å². The summed E-state index contributed by atoms with van der Waals surface area (Å²) >= 11 is 4.40. The first-order valence-electron chi connectivity index (χ1n) is 8.53. The average molecular weight is 600 g/mol. The number of carbonyl (C=O) groups excluding carboxylic acids is 2. The molecule has 1 aliphatic rings. The molecule has 0 saturated carbocycles. The summed E-state index contributed by atoms with van der Waals surface area (Å²) in [6, 6.07) is 12.1. The maximum Gasteiger partial charge on any atom is 0.319 e. The van der Waals surface area contributed by atoms with Crippen LogP contribution in [0.3, 0.4) is 0 Å². The lowest BCUT2D eigenvalue weighted by Crippen LogP contribution is -2.45. The molecule has 0 radical (unpaired) electrons. The Morgan fingerprint density at radius 2 is 1.86 bits per heavy atom. The molecule has 0 spiro atoms. The van der Waals surface area contributed by atoms with Crippen LogP contribution in [0.2, 0.25) is 0 Å². The van der Waals surface area contributed by atoms with Gasteiger partial charge in [0.25, 0.3) is 0 Å². The van der Waals surface area contributed by atoms with Gasteiger partial charge in [-0.05, 0) is 69.8 Å². The van der Waals surface area contributed by atoms with Crippen molar-refractivity contribution in [1.82, 2.24) is 10.6 Å². The molecule has 0 saturated heterocycles. The van der Waals surface area contributed by atoms with E-state index in [1.54, 1.807) is 25.1 Å². The minimum atomic E-state index is -0.544. The van der Waals surface area contributed by atoms with Gasteiger partial charge >= 0.3 is 6.03 Å². The topological polar surface area (TPSA) is 67.4 Å². The van der Waals surface area contributed by atoms with Crippen LogP contribution in [0.25, 0.3) is 0 Å². The zero-order valence-electron chi connectivity index (χ0n) is 15.1. The van der Waals surface area contributed by atoms with E-state index in [1.165, 1.54) is 0 Å². The van der Waals surface area contributed by atoms with Crippen molar-refractivity contribution in [3.63, 3.8) is 0 Å². The third kappa shape index (κ3) is 4.40. The van der Waals surface area contributed by atoms with E-state index >= 15 is 0 Å². The maximum absolute atomic E-state index is 13.2. The van der Waals surface area contributed by atoms with Crippen LogP contribution >= 0.6 is 45.2 Å². The first-order chi connectivity index (χ1) is 13.4. The molecular formula is C21H18I2N2O3. The van der Waals surface area contributed by atoms with Gasteiger partial charge in [0.15, 0.2) is 5.78 Å². The summed E-state index contributed by atoms with van der Waals surface area (Å²) in [5, 5.41) is 5.61. The van der Waals surface area contributed by atoms with Crippen LogP contribution in [-0.2, 0) is 0 Å². The normalized spacial score (nSPS) is 16.2. The summed E-state index contributed by atoms with van der Waals surface area (Å²) in [5.74, 6) is 0.648. The summed E-state index contributed by atoms with van der Waals surface area (Å²) in [4.78, 5) is 25.3. The Bertz CT molecular complexity index is 948. The van der Waals surface area contributed by atoms with E-state index in [0.29, 0.717) is 23.4 Å². The minimum absolute atomic E-state index is 0.118. The highest BCUT2D eigenvalue weighted by Crippen LogP contribution is 2.35. The molecule has 0 fully saturated rings. The van der Waals surface area contributed by atoms with Gasteiger partial charge in [0, 0.05) is 16.8 Å². The molecular weight excluding hydrogens is 582 g/mol. The molecule has 5 nitrogen and oxygen atoms in total. The quantitative estimate of drug-likeness (QED) is 0.280. The van der Waals surface area contributed by atoms with Crippen molar-refractivity contribution in [3.05, 3.63) is 84.7 Å². The third-order valence-corrected chi connectivity index (χ3v) is 5.85. The molecule has 28 heavy (non-hydrogen) atoms. The highest BCUT2D eigenvalue weighted by atomic mass is 127. The van der Waals surface area contributed by atoms with Crippen molar-refractivity contribution < 1.29 is 14.3 Å². The lowest BCUT2D eigenvalue weighted by Gasteiger charge is -2.29. The molecule has 0 unspecified atom stereocenters. The highest BCUT2D eigenvalue weighted by Gasteiger charge is 2.32. The van der Waals surface area contributed by atoms with Crippen molar-refractivity contribution in [1.29, 1.82) is 0 Å². The van der Waals surface area contributed by atoms with Crippen molar-refractivity contribution >= 4 is 57.0 Å². The van der Waals surface area contributed by atoms with E-state index in [2.05, 4.69) is 62.4 Å². The highest BCUT2D eigenvalue weighted by molar-refractivity contribution is 14.1. The molecule has 0 aliphatic carbocycles. The number of halogens is 2. The van der Waals surface area contributed by atoms with Gasteiger partial charge in [0.05, 0.1) is 13.2 Å². The Balaban J connectivity index is 2.05. The Morgan fingerprint density at radius 3 is 2.46 bits per heavy atom. The summed E-state index contributed by atoms with van der Waals surface area (Å²) < 4.78 is 7.54. The second-order valence-corrected chi connectivity index (χ2v) is 8.50. The second kappa shape index (κ2) is 9.08. The Labute approximate surface area is 190 Å². The van der Waals surface area contributed by atoms with Gasteiger partial charge in [0.1, 0.15) is 12.4 Å². The molecule has 1 aliphatic heterocycles. The summed E-state index contributed by atoms with van der Waals surface area (Å²) in [6.45, 7) is 5.83. The predicted octanol–water partition coefficient (Wildman–Crippen LogP) is 4.97. The number of urea groups is 1. The zero-order chi connectivity index (χ0) is 20.3. The summed E-state index contributed by atoms with van der Waals surface area (Å²) in [5.41, 5.74) is 2.49. The van der Waals surface area contributed by atoms with E-state index in [9.17, 15) is 9.59 Å². The van der Waals surface area contributed by atoms with Crippen LogP contribution in [0.1, 0.15) is 28.9 Å². The lowest BCUT2D eigenvalue weighted by molar-refractivity contribution is 0.102. The molecule has 7 heteroatoms. The Kier molecular flexibility index (Phi) is 6.76. The van der Waals surface area contributed by atoms with Gasteiger partial charge in [-0.3, -0.25) is 4.79 Å². The summed E-state index contributed by atoms with van der Waals surface area (Å²) in [6.07, 6.45) is 1.69. The number of hydrogen-bond acceptors (Lipinski definition) is 3. The molecule has 0 bridgehead atoms. The van der Waals surface area contributed by atoms with E-state index in [4.69, 9.17) is 4.74 Å². The van der Waals surface area contributed by atoms with Crippen LogP contribution in [-0.4, -0.2) is 18.4 Å². The average Bonchev–Trinajstić information content (AvgIpc) is 2.67. The fourth-order valence-corrected chi connectivity index (χ4v) is 5.14. The number of rotatable bonds is 6. The molecule has 1 atom stereocenters. The van der Waals surface area contributed by atoms with Crippen LogP contribution in [0.5, 0.6) is 5.75 Å².